The SMILES string of the molecule is C=C/C(=C\C=N)N1CCC(CN(C)C(=O)COCCN(C)S(=O)(=O)c2c(C)cc(OC)cc2C)CC1. The van der Waals surface area contributed by atoms with Crippen molar-refractivity contribution >= 4 is 22.1 Å². The van der Waals surface area contributed by atoms with Gasteiger partial charge in [0.15, 0.2) is 0 Å². The van der Waals surface area contributed by atoms with E-state index in [-0.39, 0.29) is 30.6 Å². The highest BCUT2D eigenvalue weighted by Crippen LogP contribution is 2.27. The molecule has 0 unspecified atom stereocenters. The molecule has 1 aromatic rings. The van der Waals surface area contributed by atoms with Crippen LogP contribution in [0.1, 0.15) is 24.0 Å². The summed E-state index contributed by atoms with van der Waals surface area (Å²) in [5.41, 5.74) is 2.19. The Morgan fingerprint density at radius 3 is 2.36 bits per heavy atom. The Kier molecular flexibility index (Phi) is 11.1. The maximum absolute atomic E-state index is 13.1. The number of carbonyl (C=O) groups is 1. The number of carbonyl (C=O) groups excluding carboxylic acids is 1. The van der Waals surface area contributed by atoms with E-state index < -0.39 is 10.0 Å². The Balaban J connectivity index is 1.79. The quantitative estimate of drug-likeness (QED) is 0.244. The Morgan fingerprint density at radius 1 is 1.22 bits per heavy atom. The Labute approximate surface area is 215 Å². The number of likely N-dealkylation sites (tertiary alicyclic amines) is 1. The van der Waals surface area contributed by atoms with Gasteiger partial charge in [0.05, 0.1) is 18.6 Å². The lowest BCUT2D eigenvalue weighted by Crippen LogP contribution is -2.40. The van der Waals surface area contributed by atoms with Gasteiger partial charge >= 0.3 is 0 Å². The number of hydrogen-bond acceptors (Lipinski definition) is 7. The van der Waals surface area contributed by atoms with Gasteiger partial charge in [-0.1, -0.05) is 6.58 Å². The maximum atomic E-state index is 13.1. The molecule has 0 spiro atoms. The van der Waals surface area contributed by atoms with Crippen LogP contribution in [-0.4, -0.2) is 95.2 Å². The fraction of sp³-hybridized carbons (Fsp3) is 0.538. The summed E-state index contributed by atoms with van der Waals surface area (Å²) in [5, 5.41) is 7.26. The zero-order valence-electron chi connectivity index (χ0n) is 22.1. The minimum Gasteiger partial charge on any atom is -0.497 e. The molecule has 0 bridgehead atoms. The number of likely N-dealkylation sites (N-methyl/N-ethyl adjacent to an activating group) is 2. The molecule has 1 aliphatic heterocycles. The van der Waals surface area contributed by atoms with Gasteiger partial charge in [0.2, 0.25) is 15.9 Å². The van der Waals surface area contributed by atoms with Crippen molar-refractivity contribution in [1.82, 2.24) is 14.1 Å². The molecule has 1 fully saturated rings. The van der Waals surface area contributed by atoms with E-state index in [9.17, 15) is 13.2 Å². The zero-order valence-corrected chi connectivity index (χ0v) is 22.9. The fourth-order valence-corrected chi connectivity index (χ4v) is 5.98. The number of nitrogens with zero attached hydrogens (tertiary/aromatic N) is 3. The normalized spacial score (nSPS) is 15.2. The van der Waals surface area contributed by atoms with Crippen molar-refractivity contribution in [3.63, 3.8) is 0 Å². The summed E-state index contributed by atoms with van der Waals surface area (Å²) in [5.74, 6) is 0.887. The van der Waals surface area contributed by atoms with Crippen LogP contribution >= 0.6 is 0 Å². The van der Waals surface area contributed by atoms with Crippen LogP contribution in [0, 0.1) is 25.2 Å². The lowest BCUT2D eigenvalue weighted by molar-refractivity contribution is -0.135. The average molecular weight is 521 g/mol. The lowest BCUT2D eigenvalue weighted by atomic mass is 9.96. The highest BCUT2D eigenvalue weighted by molar-refractivity contribution is 7.89. The standard InChI is InChI=1S/C26H40N4O5S/c1-7-23(8-11-27)30-12-9-22(10-13-30)18-28(4)25(31)19-35-15-14-29(5)36(32,33)26-20(2)16-24(34-6)17-21(26)3/h7-8,11,16-17,22,27H,1,9-10,12-15,18-19H2,2-6H3/b23-8+,27-11?. The highest BCUT2D eigenvalue weighted by Gasteiger charge is 2.26. The summed E-state index contributed by atoms with van der Waals surface area (Å²) in [6.45, 7) is 9.85. The number of amides is 1. The molecule has 0 aliphatic carbocycles. The monoisotopic (exact) mass is 520 g/mol. The van der Waals surface area contributed by atoms with E-state index in [1.165, 1.54) is 17.6 Å². The highest BCUT2D eigenvalue weighted by atomic mass is 32.2. The molecular weight excluding hydrogens is 480 g/mol. The topological polar surface area (TPSA) is 103 Å². The van der Waals surface area contributed by atoms with E-state index >= 15 is 0 Å². The minimum atomic E-state index is -3.70. The minimum absolute atomic E-state index is 0.0908. The third-order valence-corrected chi connectivity index (χ3v) is 8.68. The van der Waals surface area contributed by atoms with E-state index in [2.05, 4.69) is 11.5 Å². The van der Waals surface area contributed by atoms with Crippen LogP contribution in [0.15, 0.2) is 41.5 Å². The molecule has 1 heterocycles. The number of hydrogen-bond donors (Lipinski definition) is 1. The summed E-state index contributed by atoms with van der Waals surface area (Å²) in [4.78, 5) is 16.7. The van der Waals surface area contributed by atoms with Crippen LogP contribution < -0.4 is 4.74 Å². The third-order valence-electron chi connectivity index (χ3n) is 6.51. The molecule has 0 radical (unpaired) electrons. The third kappa shape index (κ3) is 7.65. The summed E-state index contributed by atoms with van der Waals surface area (Å²) in [6.07, 6.45) is 6.68. The second-order valence-electron chi connectivity index (χ2n) is 9.14. The van der Waals surface area contributed by atoms with Crippen molar-refractivity contribution in [1.29, 1.82) is 5.41 Å². The molecule has 0 atom stereocenters. The Bertz CT molecular complexity index is 1040. The molecule has 1 N–H and O–H groups in total. The first-order chi connectivity index (χ1) is 17.0. The number of piperidine rings is 1. The summed E-state index contributed by atoms with van der Waals surface area (Å²) in [6, 6.07) is 3.40. The summed E-state index contributed by atoms with van der Waals surface area (Å²) in [7, 11) is 1.13. The van der Waals surface area contributed by atoms with Crippen molar-refractivity contribution in [2.75, 3.05) is 60.6 Å². The maximum Gasteiger partial charge on any atom is 0.248 e. The first-order valence-electron chi connectivity index (χ1n) is 12.1. The van der Waals surface area contributed by atoms with Crippen molar-refractivity contribution < 1.29 is 22.7 Å². The van der Waals surface area contributed by atoms with E-state index in [4.69, 9.17) is 14.9 Å². The van der Waals surface area contributed by atoms with Gasteiger partial charge in [-0.15, -0.1) is 0 Å². The van der Waals surface area contributed by atoms with E-state index in [0.717, 1.165) is 31.6 Å². The van der Waals surface area contributed by atoms with Crippen LogP contribution in [0.4, 0.5) is 0 Å². The van der Waals surface area contributed by atoms with Gasteiger partial charge in [-0.2, -0.15) is 4.31 Å². The molecule has 1 amide bonds. The lowest BCUT2D eigenvalue weighted by Gasteiger charge is -2.35. The molecule has 1 aromatic carbocycles. The van der Waals surface area contributed by atoms with E-state index in [0.29, 0.717) is 29.3 Å². The molecule has 10 heteroatoms. The van der Waals surface area contributed by atoms with E-state index in [1.807, 2.05) is 0 Å². The zero-order chi connectivity index (χ0) is 26.9. The molecule has 1 saturated heterocycles. The summed E-state index contributed by atoms with van der Waals surface area (Å²) < 4.78 is 38.2. The molecule has 9 nitrogen and oxygen atoms in total. The van der Waals surface area contributed by atoms with Crippen molar-refractivity contribution in [2.45, 2.75) is 31.6 Å². The number of methoxy groups -OCH3 is 1. The van der Waals surface area contributed by atoms with Crippen molar-refractivity contribution in [3.8, 4) is 5.75 Å². The number of sulfonamides is 1. The number of aryl methyl sites for hydroxylation is 2. The Hall–Kier alpha value is -2.69. The molecule has 2 rings (SSSR count). The Morgan fingerprint density at radius 2 is 1.83 bits per heavy atom. The van der Waals surface area contributed by atoms with Crippen LogP contribution in [-0.2, 0) is 19.6 Å². The molecule has 1 aliphatic rings. The van der Waals surface area contributed by atoms with Gasteiger partial charge in [0.25, 0.3) is 0 Å². The van der Waals surface area contributed by atoms with Crippen molar-refractivity contribution in [2.24, 2.45) is 5.92 Å². The molecule has 36 heavy (non-hydrogen) atoms. The number of nitrogens with one attached hydrogen (secondary N) is 1. The van der Waals surface area contributed by atoms with Gasteiger partial charge in [-0.05, 0) is 68.0 Å². The van der Waals surface area contributed by atoms with Crippen LogP contribution in [0.5, 0.6) is 5.75 Å². The van der Waals surface area contributed by atoms with Crippen LogP contribution in [0.25, 0.3) is 0 Å². The number of ether oxygens (including phenoxy) is 2. The smallest absolute Gasteiger partial charge is 0.248 e. The van der Waals surface area contributed by atoms with Crippen molar-refractivity contribution in [3.05, 3.63) is 47.7 Å². The van der Waals surface area contributed by atoms with Crippen LogP contribution in [0.2, 0.25) is 0 Å². The van der Waals surface area contributed by atoms with Gasteiger partial charge in [-0.3, -0.25) is 4.79 Å². The van der Waals surface area contributed by atoms with Crippen LogP contribution in [0.3, 0.4) is 0 Å². The fourth-order valence-electron chi connectivity index (χ4n) is 4.42. The first-order valence-corrected chi connectivity index (χ1v) is 13.5. The second-order valence-corrected chi connectivity index (χ2v) is 11.1. The summed E-state index contributed by atoms with van der Waals surface area (Å²) >= 11 is 0. The second kappa shape index (κ2) is 13.6. The van der Waals surface area contributed by atoms with Gasteiger partial charge in [-0.25, -0.2) is 8.42 Å². The molecular formula is C26H40N4O5S. The van der Waals surface area contributed by atoms with E-state index in [1.54, 1.807) is 57.2 Å². The van der Waals surface area contributed by atoms with Gasteiger partial charge < -0.3 is 24.7 Å². The predicted octanol–water partition coefficient (Wildman–Crippen LogP) is 2.84. The first kappa shape index (κ1) is 29.5. The molecule has 200 valence electrons. The largest absolute Gasteiger partial charge is 0.497 e. The number of rotatable bonds is 13. The average Bonchev–Trinajstić information content (AvgIpc) is 2.84. The number of allylic oxidation sites excluding steroid dienone is 2. The van der Waals surface area contributed by atoms with Gasteiger partial charge in [0, 0.05) is 52.2 Å². The number of benzene rings is 1. The van der Waals surface area contributed by atoms with Gasteiger partial charge in [0.1, 0.15) is 12.4 Å². The molecule has 0 aromatic heterocycles. The predicted molar refractivity (Wildman–Crippen MR) is 142 cm³/mol. The molecule has 0 saturated carbocycles.